The normalized spacial score (nSPS) is 14.7. The van der Waals surface area contributed by atoms with E-state index in [9.17, 15) is 0 Å². The molecule has 3 rings (SSSR count). The highest BCUT2D eigenvalue weighted by Gasteiger charge is 2.20. The number of para-hydroxylation sites is 1. The van der Waals surface area contributed by atoms with E-state index in [0.29, 0.717) is 6.61 Å². The molecule has 1 aliphatic carbocycles. The first-order valence-corrected chi connectivity index (χ1v) is 7.12. The van der Waals surface area contributed by atoms with Gasteiger partial charge in [-0.05, 0) is 25.0 Å². The molecular weight excluding hydrogens is 244 g/mol. The molecule has 94 valence electrons. The topological polar surface area (TPSA) is 34.1 Å². The Balaban J connectivity index is 1.50. The molecule has 0 amide bonds. The van der Waals surface area contributed by atoms with E-state index in [-0.39, 0.29) is 0 Å². The first kappa shape index (κ1) is 11.7. The van der Waals surface area contributed by atoms with Crippen LogP contribution < -0.4 is 10.1 Å². The lowest BCUT2D eigenvalue weighted by molar-refractivity contribution is 0.302. The van der Waals surface area contributed by atoms with Crippen LogP contribution in [0.25, 0.3) is 0 Å². The van der Waals surface area contributed by atoms with E-state index in [1.807, 2.05) is 30.3 Å². The highest BCUT2D eigenvalue weighted by atomic mass is 32.1. The average molecular weight is 260 g/mol. The molecule has 1 aliphatic rings. The van der Waals surface area contributed by atoms with Crippen LogP contribution in [0.3, 0.4) is 0 Å². The van der Waals surface area contributed by atoms with Crippen LogP contribution in [0, 0.1) is 0 Å². The molecule has 0 bridgehead atoms. The van der Waals surface area contributed by atoms with E-state index >= 15 is 0 Å². The standard InChI is InChI=1S/C14H16N2OS/c1-2-4-13(5-3-1)17-9-12-10-18-14(16-12)8-15-11-6-7-11/h1-5,10-11,15H,6-9H2. The molecule has 0 spiro atoms. The fourth-order valence-electron chi connectivity index (χ4n) is 1.69. The second-order valence-corrected chi connectivity index (χ2v) is 5.43. The van der Waals surface area contributed by atoms with Crippen molar-refractivity contribution >= 4 is 11.3 Å². The first-order chi connectivity index (χ1) is 8.90. The Morgan fingerprint density at radius 2 is 2.11 bits per heavy atom. The Labute approximate surface area is 111 Å². The molecule has 0 aliphatic heterocycles. The predicted molar refractivity (Wildman–Crippen MR) is 72.7 cm³/mol. The maximum absolute atomic E-state index is 5.67. The summed E-state index contributed by atoms with van der Waals surface area (Å²) in [7, 11) is 0. The van der Waals surface area contributed by atoms with Gasteiger partial charge in [0.1, 0.15) is 17.4 Å². The van der Waals surface area contributed by atoms with Gasteiger partial charge in [-0.3, -0.25) is 0 Å². The summed E-state index contributed by atoms with van der Waals surface area (Å²) in [6, 6.07) is 10.6. The van der Waals surface area contributed by atoms with E-state index in [2.05, 4.69) is 15.7 Å². The minimum absolute atomic E-state index is 0.546. The van der Waals surface area contributed by atoms with Gasteiger partial charge in [-0.25, -0.2) is 4.98 Å². The van der Waals surface area contributed by atoms with Gasteiger partial charge in [0.05, 0.1) is 5.69 Å². The SMILES string of the molecule is c1ccc(OCc2csc(CNC3CC3)n2)cc1. The molecule has 18 heavy (non-hydrogen) atoms. The molecule has 2 aromatic rings. The largest absolute Gasteiger partial charge is 0.487 e. The summed E-state index contributed by atoms with van der Waals surface area (Å²) < 4.78 is 5.67. The third kappa shape index (κ3) is 3.31. The molecular formula is C14H16N2OS. The number of hydrogen-bond donors (Lipinski definition) is 1. The Morgan fingerprint density at radius 3 is 2.89 bits per heavy atom. The van der Waals surface area contributed by atoms with Crippen LogP contribution in [0.15, 0.2) is 35.7 Å². The highest BCUT2D eigenvalue weighted by Crippen LogP contribution is 2.20. The molecule has 1 aromatic carbocycles. The summed E-state index contributed by atoms with van der Waals surface area (Å²) in [6.45, 7) is 1.44. The van der Waals surface area contributed by atoms with E-state index in [0.717, 1.165) is 29.0 Å². The molecule has 0 unspecified atom stereocenters. The average Bonchev–Trinajstić information content (AvgIpc) is 3.14. The van der Waals surface area contributed by atoms with Gasteiger partial charge in [-0.15, -0.1) is 11.3 Å². The number of aromatic nitrogens is 1. The van der Waals surface area contributed by atoms with Crippen molar-refractivity contribution in [2.24, 2.45) is 0 Å². The summed E-state index contributed by atoms with van der Waals surface area (Å²) in [5.74, 6) is 0.892. The minimum Gasteiger partial charge on any atom is -0.487 e. The number of thiazole rings is 1. The molecule has 0 atom stereocenters. The van der Waals surface area contributed by atoms with Gasteiger partial charge in [-0.2, -0.15) is 0 Å². The Hall–Kier alpha value is -1.39. The van der Waals surface area contributed by atoms with Crippen LogP contribution in [-0.2, 0) is 13.2 Å². The molecule has 0 saturated heterocycles. The zero-order valence-corrected chi connectivity index (χ0v) is 11.0. The van der Waals surface area contributed by atoms with Crippen LogP contribution in [0.5, 0.6) is 5.75 Å². The van der Waals surface area contributed by atoms with Crippen molar-refractivity contribution in [3.63, 3.8) is 0 Å². The number of nitrogens with one attached hydrogen (secondary N) is 1. The molecule has 4 heteroatoms. The molecule has 1 fully saturated rings. The predicted octanol–water partition coefficient (Wildman–Crippen LogP) is 2.97. The summed E-state index contributed by atoms with van der Waals surface area (Å²) in [5.41, 5.74) is 1.01. The van der Waals surface area contributed by atoms with Crippen LogP contribution >= 0.6 is 11.3 Å². The van der Waals surface area contributed by atoms with Crippen molar-refractivity contribution in [2.45, 2.75) is 32.0 Å². The third-order valence-corrected chi connectivity index (χ3v) is 3.75. The fourth-order valence-corrected chi connectivity index (χ4v) is 2.42. The van der Waals surface area contributed by atoms with Gasteiger partial charge >= 0.3 is 0 Å². The smallest absolute Gasteiger partial charge is 0.131 e. The number of rotatable bonds is 6. The summed E-state index contributed by atoms with van der Waals surface area (Å²) in [6.07, 6.45) is 2.63. The monoisotopic (exact) mass is 260 g/mol. The quantitative estimate of drug-likeness (QED) is 0.867. The zero-order valence-electron chi connectivity index (χ0n) is 10.1. The number of benzene rings is 1. The molecule has 1 heterocycles. The second kappa shape index (κ2) is 5.50. The second-order valence-electron chi connectivity index (χ2n) is 4.49. The Bertz CT molecular complexity index is 494. The van der Waals surface area contributed by atoms with Crippen molar-refractivity contribution in [3.8, 4) is 5.75 Å². The molecule has 1 aromatic heterocycles. The van der Waals surface area contributed by atoms with Gasteiger partial charge in [0.2, 0.25) is 0 Å². The zero-order chi connectivity index (χ0) is 12.2. The number of ether oxygens (including phenoxy) is 1. The number of hydrogen-bond acceptors (Lipinski definition) is 4. The lowest BCUT2D eigenvalue weighted by Crippen LogP contribution is -2.15. The van der Waals surface area contributed by atoms with Crippen molar-refractivity contribution in [2.75, 3.05) is 0 Å². The van der Waals surface area contributed by atoms with Crippen molar-refractivity contribution in [1.82, 2.24) is 10.3 Å². The molecule has 3 nitrogen and oxygen atoms in total. The van der Waals surface area contributed by atoms with Gasteiger partial charge < -0.3 is 10.1 Å². The van der Waals surface area contributed by atoms with Crippen LogP contribution in [0.4, 0.5) is 0 Å². The van der Waals surface area contributed by atoms with Crippen LogP contribution in [0.1, 0.15) is 23.5 Å². The summed E-state index contributed by atoms with van der Waals surface area (Å²) in [5, 5.41) is 6.69. The Morgan fingerprint density at radius 1 is 1.28 bits per heavy atom. The fraction of sp³-hybridized carbons (Fsp3) is 0.357. The molecule has 1 saturated carbocycles. The number of nitrogens with zero attached hydrogens (tertiary/aromatic N) is 1. The summed E-state index contributed by atoms with van der Waals surface area (Å²) in [4.78, 5) is 4.56. The maximum Gasteiger partial charge on any atom is 0.131 e. The minimum atomic E-state index is 0.546. The maximum atomic E-state index is 5.67. The van der Waals surface area contributed by atoms with Gasteiger partial charge in [0.15, 0.2) is 0 Å². The highest BCUT2D eigenvalue weighted by molar-refractivity contribution is 7.09. The summed E-state index contributed by atoms with van der Waals surface area (Å²) >= 11 is 1.70. The molecule has 1 N–H and O–H groups in total. The molecule has 0 radical (unpaired) electrons. The lowest BCUT2D eigenvalue weighted by atomic mass is 10.3. The first-order valence-electron chi connectivity index (χ1n) is 6.25. The van der Waals surface area contributed by atoms with E-state index in [1.165, 1.54) is 12.8 Å². The van der Waals surface area contributed by atoms with Crippen LogP contribution in [-0.4, -0.2) is 11.0 Å². The van der Waals surface area contributed by atoms with Gasteiger partial charge in [-0.1, -0.05) is 18.2 Å². The lowest BCUT2D eigenvalue weighted by Gasteiger charge is -2.03. The Kier molecular flexibility index (Phi) is 3.57. The van der Waals surface area contributed by atoms with E-state index < -0.39 is 0 Å². The van der Waals surface area contributed by atoms with Gasteiger partial charge in [0.25, 0.3) is 0 Å². The van der Waals surface area contributed by atoms with Crippen LogP contribution in [0.2, 0.25) is 0 Å². The third-order valence-electron chi connectivity index (χ3n) is 2.85. The van der Waals surface area contributed by atoms with Crippen molar-refractivity contribution in [3.05, 3.63) is 46.4 Å². The van der Waals surface area contributed by atoms with E-state index in [1.54, 1.807) is 11.3 Å². The van der Waals surface area contributed by atoms with E-state index in [4.69, 9.17) is 4.74 Å². The van der Waals surface area contributed by atoms with Crippen molar-refractivity contribution in [1.29, 1.82) is 0 Å². The van der Waals surface area contributed by atoms with Gasteiger partial charge in [0, 0.05) is 18.0 Å². The van der Waals surface area contributed by atoms with Crippen molar-refractivity contribution < 1.29 is 4.74 Å².